The van der Waals surface area contributed by atoms with Crippen molar-refractivity contribution in [3.05, 3.63) is 71.7 Å². The molecule has 0 aliphatic carbocycles. The molecule has 2 saturated heterocycles. The topological polar surface area (TPSA) is 85.2 Å². The Hall–Kier alpha value is -4.15. The molecule has 2 fully saturated rings. The van der Waals surface area contributed by atoms with Gasteiger partial charge in [0.25, 0.3) is 0 Å². The van der Waals surface area contributed by atoms with E-state index in [1.807, 2.05) is 29.9 Å². The van der Waals surface area contributed by atoms with Gasteiger partial charge < -0.3 is 28.6 Å². The molecule has 0 saturated carbocycles. The highest BCUT2D eigenvalue weighted by molar-refractivity contribution is 5.92. The second-order valence-electron chi connectivity index (χ2n) is 11.4. The monoisotopic (exact) mass is 584 g/mol. The third kappa shape index (κ3) is 6.16. The molecule has 0 spiro atoms. The van der Waals surface area contributed by atoms with Crippen molar-refractivity contribution in [1.29, 1.82) is 0 Å². The van der Waals surface area contributed by atoms with Crippen LogP contribution in [0.2, 0.25) is 0 Å². The lowest BCUT2D eigenvalue weighted by Gasteiger charge is -2.42. The van der Waals surface area contributed by atoms with Crippen LogP contribution in [0, 0.1) is 0 Å². The van der Waals surface area contributed by atoms with Gasteiger partial charge in [0.1, 0.15) is 28.4 Å². The number of likely N-dealkylation sites (N-methyl/N-ethyl adjacent to an activating group) is 1. The molecule has 2 aliphatic heterocycles. The Labute approximate surface area is 252 Å². The maximum Gasteiger partial charge on any atom is 0.341 e. The summed E-state index contributed by atoms with van der Waals surface area (Å²) in [4.78, 5) is 29.6. The molecule has 0 atom stereocenters. The predicted octanol–water partition coefficient (Wildman–Crippen LogP) is 4.36. The molecule has 0 N–H and O–H groups in total. The molecular formula is C33H40N6O4. The summed E-state index contributed by atoms with van der Waals surface area (Å²) in [6.45, 7) is 6.75. The predicted molar refractivity (Wildman–Crippen MR) is 166 cm³/mol. The van der Waals surface area contributed by atoms with Crippen molar-refractivity contribution in [1.82, 2.24) is 24.3 Å². The number of hydrogen-bond donors (Lipinski definition) is 0. The van der Waals surface area contributed by atoms with Gasteiger partial charge in [-0.2, -0.15) is 4.98 Å². The lowest BCUT2D eigenvalue weighted by atomic mass is 10.0. The summed E-state index contributed by atoms with van der Waals surface area (Å²) in [5, 5.41) is 0. The molecule has 2 aromatic heterocycles. The number of carbonyl (C=O) groups excluding carboxylic acids is 1. The Bertz CT molecular complexity index is 1590. The second kappa shape index (κ2) is 12.6. The molecule has 0 amide bonds. The minimum Gasteiger partial charge on any atom is -0.496 e. The van der Waals surface area contributed by atoms with Crippen LogP contribution in [0.15, 0.2) is 54.7 Å². The third-order valence-electron chi connectivity index (χ3n) is 8.74. The number of piperazine rings is 1. The first-order valence-corrected chi connectivity index (χ1v) is 14.9. The zero-order chi connectivity index (χ0) is 29.9. The standard InChI is InChI=1S/C33H40N6O4/c1-36-17-19-39(20-18-36)24-11-15-38(16-12-24)25-10-9-23(29(22-25)41-3)21-30-34-27-13-14-37(2)31(27)32(35-30)43-28-8-6-5-7-26(28)33(40)42-4/h5-10,13-14,22,24H,11-12,15-21H2,1-4H3. The number of para-hydroxylation sites is 1. The number of benzene rings is 2. The van der Waals surface area contributed by atoms with Crippen molar-refractivity contribution < 1.29 is 19.0 Å². The molecule has 6 rings (SSSR count). The first-order chi connectivity index (χ1) is 20.9. The smallest absolute Gasteiger partial charge is 0.341 e. The number of nitrogens with zero attached hydrogens (tertiary/aromatic N) is 6. The van der Waals surface area contributed by atoms with Crippen LogP contribution in [0.25, 0.3) is 11.0 Å². The summed E-state index contributed by atoms with van der Waals surface area (Å²) in [5.41, 5.74) is 4.01. The first-order valence-electron chi connectivity index (χ1n) is 14.9. The maximum absolute atomic E-state index is 12.4. The van der Waals surface area contributed by atoms with E-state index < -0.39 is 5.97 Å². The SMILES string of the molecule is COC(=O)c1ccccc1Oc1nc(Cc2ccc(N3CCC(N4CCN(C)CC4)CC3)cc2OC)nc2ccn(C)c12. The highest BCUT2D eigenvalue weighted by atomic mass is 16.5. The minimum atomic E-state index is -0.471. The first kappa shape index (κ1) is 28.9. The van der Waals surface area contributed by atoms with E-state index in [1.54, 1.807) is 25.3 Å². The summed E-state index contributed by atoms with van der Waals surface area (Å²) < 4.78 is 19.0. The van der Waals surface area contributed by atoms with Crippen LogP contribution < -0.4 is 14.4 Å². The average molecular weight is 585 g/mol. The highest BCUT2D eigenvalue weighted by Crippen LogP contribution is 2.33. The van der Waals surface area contributed by atoms with Gasteiger partial charge >= 0.3 is 5.97 Å². The third-order valence-corrected chi connectivity index (χ3v) is 8.74. The number of hydrogen-bond acceptors (Lipinski definition) is 9. The lowest BCUT2D eigenvalue weighted by molar-refractivity contribution is 0.0598. The molecule has 10 heteroatoms. The Morgan fingerprint density at radius 1 is 0.907 bits per heavy atom. The van der Waals surface area contributed by atoms with E-state index in [0.29, 0.717) is 35.5 Å². The van der Waals surface area contributed by atoms with Crippen molar-refractivity contribution in [2.45, 2.75) is 25.3 Å². The van der Waals surface area contributed by atoms with Crippen LogP contribution in [0.3, 0.4) is 0 Å². The molecule has 2 aliphatic rings. The van der Waals surface area contributed by atoms with Gasteiger partial charge in [-0.1, -0.05) is 18.2 Å². The fourth-order valence-electron chi connectivity index (χ4n) is 6.21. The van der Waals surface area contributed by atoms with Crippen molar-refractivity contribution in [3.63, 3.8) is 0 Å². The zero-order valence-electron chi connectivity index (χ0n) is 25.5. The number of fused-ring (bicyclic) bond motifs is 1. The largest absolute Gasteiger partial charge is 0.496 e. The van der Waals surface area contributed by atoms with Crippen molar-refractivity contribution in [3.8, 4) is 17.4 Å². The molecule has 4 heterocycles. The Morgan fingerprint density at radius 3 is 2.42 bits per heavy atom. The molecule has 4 aromatic rings. The number of ether oxygens (including phenoxy) is 3. The molecule has 43 heavy (non-hydrogen) atoms. The molecule has 0 unspecified atom stereocenters. The van der Waals surface area contributed by atoms with E-state index in [4.69, 9.17) is 24.2 Å². The molecule has 2 aromatic carbocycles. The van der Waals surface area contributed by atoms with Crippen LogP contribution in [0.1, 0.15) is 34.6 Å². The van der Waals surface area contributed by atoms with Gasteiger partial charge in [-0.05, 0) is 44.2 Å². The second-order valence-corrected chi connectivity index (χ2v) is 11.4. The maximum atomic E-state index is 12.4. The van der Waals surface area contributed by atoms with Crippen LogP contribution in [0.4, 0.5) is 5.69 Å². The van der Waals surface area contributed by atoms with Gasteiger partial charge in [0.2, 0.25) is 5.88 Å². The van der Waals surface area contributed by atoms with E-state index in [-0.39, 0.29) is 0 Å². The van der Waals surface area contributed by atoms with Gasteiger partial charge in [-0.15, -0.1) is 0 Å². The number of esters is 1. The summed E-state index contributed by atoms with van der Waals surface area (Å²) in [6.07, 6.45) is 4.75. The summed E-state index contributed by atoms with van der Waals surface area (Å²) in [5.74, 6) is 1.70. The van der Waals surface area contributed by atoms with Crippen LogP contribution in [-0.2, 0) is 18.2 Å². The molecular weight excluding hydrogens is 544 g/mol. The fraction of sp³-hybridized carbons (Fsp3) is 0.424. The molecule has 0 radical (unpaired) electrons. The normalized spacial score (nSPS) is 16.9. The zero-order valence-corrected chi connectivity index (χ0v) is 25.5. The van der Waals surface area contributed by atoms with Crippen molar-refractivity contribution >= 4 is 22.7 Å². The molecule has 10 nitrogen and oxygen atoms in total. The summed E-state index contributed by atoms with van der Waals surface area (Å²) in [7, 11) is 7.19. The number of methoxy groups -OCH3 is 2. The van der Waals surface area contributed by atoms with Gasteiger partial charge in [-0.3, -0.25) is 4.90 Å². The summed E-state index contributed by atoms with van der Waals surface area (Å²) >= 11 is 0. The molecule has 0 bridgehead atoms. The number of piperidine rings is 1. The number of rotatable bonds is 8. The van der Waals surface area contributed by atoms with Crippen LogP contribution >= 0.6 is 0 Å². The van der Waals surface area contributed by atoms with Crippen LogP contribution in [-0.4, -0.2) is 96.9 Å². The minimum absolute atomic E-state index is 0.331. The Kier molecular flexibility index (Phi) is 8.49. The van der Waals surface area contributed by atoms with Gasteiger partial charge in [0.05, 0.1) is 19.7 Å². The van der Waals surface area contributed by atoms with Crippen LogP contribution in [0.5, 0.6) is 17.4 Å². The summed E-state index contributed by atoms with van der Waals surface area (Å²) in [6, 6.07) is 16.0. The van der Waals surface area contributed by atoms with Gasteiger partial charge in [-0.25, -0.2) is 9.78 Å². The molecule has 226 valence electrons. The van der Waals surface area contributed by atoms with E-state index in [9.17, 15) is 4.79 Å². The lowest BCUT2D eigenvalue weighted by Crippen LogP contribution is -2.52. The number of carbonyl (C=O) groups is 1. The van der Waals surface area contributed by atoms with E-state index >= 15 is 0 Å². The Balaban J connectivity index is 1.21. The number of anilines is 1. The Morgan fingerprint density at radius 2 is 1.67 bits per heavy atom. The van der Waals surface area contributed by atoms with E-state index in [0.717, 1.165) is 48.5 Å². The van der Waals surface area contributed by atoms with E-state index in [2.05, 4.69) is 39.9 Å². The van der Waals surface area contributed by atoms with Gasteiger partial charge in [0.15, 0.2) is 0 Å². The van der Waals surface area contributed by atoms with E-state index in [1.165, 1.54) is 38.7 Å². The van der Waals surface area contributed by atoms with Crippen molar-refractivity contribution in [2.24, 2.45) is 7.05 Å². The number of aryl methyl sites for hydroxylation is 1. The fourth-order valence-corrected chi connectivity index (χ4v) is 6.21. The van der Waals surface area contributed by atoms with Crippen molar-refractivity contribution in [2.75, 3.05) is 65.4 Å². The average Bonchev–Trinajstić information content (AvgIpc) is 3.42. The quantitative estimate of drug-likeness (QED) is 0.281. The highest BCUT2D eigenvalue weighted by Gasteiger charge is 2.27. The number of aromatic nitrogens is 3. The van der Waals surface area contributed by atoms with Gasteiger partial charge in [0, 0.05) is 82.3 Å².